The molecule has 0 bridgehead atoms. The van der Waals surface area contributed by atoms with Crippen LogP contribution in [0.5, 0.6) is 0 Å². The zero-order chi connectivity index (χ0) is 18.9. The summed E-state index contributed by atoms with van der Waals surface area (Å²) in [6.45, 7) is 1.32. The standard InChI is InChI=1S/C17H14BrClN2O4S/c1-17(22,10-26(23,24)14-8-4-12(18)5-9-14)16-20-15(21-25-16)11-2-6-13(19)7-3-11/h2-9,22H,10H2,1H3. The molecule has 26 heavy (non-hydrogen) atoms. The van der Waals surface area contributed by atoms with E-state index in [1.54, 1.807) is 36.4 Å². The molecule has 6 nitrogen and oxygen atoms in total. The van der Waals surface area contributed by atoms with E-state index in [0.717, 1.165) is 4.47 Å². The highest BCUT2D eigenvalue weighted by atomic mass is 79.9. The molecule has 1 heterocycles. The number of hydrogen-bond donors (Lipinski definition) is 1. The quantitative estimate of drug-likeness (QED) is 0.626. The van der Waals surface area contributed by atoms with Crippen LogP contribution in [0.15, 0.2) is 62.4 Å². The number of rotatable bonds is 5. The summed E-state index contributed by atoms with van der Waals surface area (Å²) in [6, 6.07) is 12.9. The van der Waals surface area contributed by atoms with Crippen molar-refractivity contribution in [1.29, 1.82) is 0 Å². The van der Waals surface area contributed by atoms with Gasteiger partial charge in [0.05, 0.1) is 10.6 Å². The second kappa shape index (κ2) is 7.11. The molecule has 1 aromatic heterocycles. The molecule has 136 valence electrons. The Morgan fingerprint density at radius 2 is 1.77 bits per heavy atom. The van der Waals surface area contributed by atoms with E-state index in [1.807, 2.05) is 0 Å². The van der Waals surface area contributed by atoms with Gasteiger partial charge in [0, 0.05) is 15.1 Å². The fourth-order valence-corrected chi connectivity index (χ4v) is 4.29. The van der Waals surface area contributed by atoms with Crippen molar-refractivity contribution in [1.82, 2.24) is 10.1 Å². The normalized spacial score (nSPS) is 14.2. The van der Waals surface area contributed by atoms with Crippen LogP contribution in [0.4, 0.5) is 0 Å². The minimum atomic E-state index is -3.76. The number of sulfone groups is 1. The maximum Gasteiger partial charge on any atom is 0.259 e. The van der Waals surface area contributed by atoms with Crippen LogP contribution in [0, 0.1) is 0 Å². The van der Waals surface area contributed by atoms with Crippen LogP contribution in [0.3, 0.4) is 0 Å². The van der Waals surface area contributed by atoms with Crippen molar-refractivity contribution in [2.75, 3.05) is 5.75 Å². The van der Waals surface area contributed by atoms with Gasteiger partial charge in [0.1, 0.15) is 0 Å². The van der Waals surface area contributed by atoms with Gasteiger partial charge in [-0.25, -0.2) is 8.42 Å². The highest BCUT2D eigenvalue weighted by molar-refractivity contribution is 9.10. The van der Waals surface area contributed by atoms with Gasteiger partial charge in [0.25, 0.3) is 5.89 Å². The molecule has 3 rings (SSSR count). The lowest BCUT2D eigenvalue weighted by Gasteiger charge is -2.18. The van der Waals surface area contributed by atoms with Gasteiger partial charge in [-0.2, -0.15) is 4.98 Å². The van der Waals surface area contributed by atoms with E-state index >= 15 is 0 Å². The Kier molecular flexibility index (Phi) is 5.21. The molecule has 1 N–H and O–H groups in total. The Bertz CT molecular complexity index is 1020. The van der Waals surface area contributed by atoms with Crippen molar-refractivity contribution in [3.63, 3.8) is 0 Å². The second-order valence-electron chi connectivity index (χ2n) is 5.92. The lowest BCUT2D eigenvalue weighted by molar-refractivity contribution is 0.0452. The minimum Gasteiger partial charge on any atom is -0.379 e. The third kappa shape index (κ3) is 4.15. The number of aliphatic hydroxyl groups is 1. The Hall–Kier alpha value is -1.74. The van der Waals surface area contributed by atoms with Crippen molar-refractivity contribution in [3.05, 3.63) is 63.9 Å². The number of hydrogen-bond acceptors (Lipinski definition) is 6. The van der Waals surface area contributed by atoms with E-state index in [4.69, 9.17) is 16.1 Å². The summed E-state index contributed by atoms with van der Waals surface area (Å²) in [7, 11) is -3.76. The molecule has 1 atom stereocenters. The molecule has 0 saturated carbocycles. The third-order valence-corrected chi connectivity index (χ3v) is 6.35. The Labute approximate surface area is 163 Å². The lowest BCUT2D eigenvalue weighted by Crippen LogP contribution is -2.31. The SMILES string of the molecule is CC(O)(CS(=O)(=O)c1ccc(Br)cc1)c1nc(-c2ccc(Cl)cc2)no1. The molecule has 2 aromatic carbocycles. The number of nitrogens with zero attached hydrogens (tertiary/aromatic N) is 2. The number of halogens is 2. The van der Waals surface area contributed by atoms with E-state index in [0.29, 0.717) is 10.6 Å². The van der Waals surface area contributed by atoms with Crippen LogP contribution in [0.25, 0.3) is 11.4 Å². The first-order chi connectivity index (χ1) is 12.2. The van der Waals surface area contributed by atoms with E-state index < -0.39 is 21.2 Å². The third-order valence-electron chi connectivity index (χ3n) is 3.63. The van der Waals surface area contributed by atoms with Crippen molar-refractivity contribution in [2.24, 2.45) is 0 Å². The average Bonchev–Trinajstić information content (AvgIpc) is 3.06. The molecule has 0 spiro atoms. The fourth-order valence-electron chi connectivity index (χ4n) is 2.32. The van der Waals surface area contributed by atoms with Crippen LogP contribution in [0.1, 0.15) is 12.8 Å². The molecule has 0 aliphatic carbocycles. The molecule has 3 aromatic rings. The minimum absolute atomic E-state index is 0.0958. The average molecular weight is 458 g/mol. The van der Waals surface area contributed by atoms with Gasteiger partial charge in [0.15, 0.2) is 15.4 Å². The smallest absolute Gasteiger partial charge is 0.259 e. The molecule has 1 unspecified atom stereocenters. The number of aromatic nitrogens is 2. The molecule has 0 aliphatic heterocycles. The summed E-state index contributed by atoms with van der Waals surface area (Å²) in [5, 5.41) is 15.0. The van der Waals surface area contributed by atoms with Crippen LogP contribution in [-0.4, -0.2) is 29.4 Å². The van der Waals surface area contributed by atoms with E-state index in [1.165, 1.54) is 19.1 Å². The maximum absolute atomic E-state index is 12.6. The molecule has 0 aliphatic rings. The predicted octanol–water partition coefficient (Wildman–Crippen LogP) is 3.83. The van der Waals surface area contributed by atoms with Crippen molar-refractivity contribution < 1.29 is 18.0 Å². The maximum atomic E-state index is 12.6. The van der Waals surface area contributed by atoms with Crippen LogP contribution in [-0.2, 0) is 15.4 Å². The second-order valence-corrected chi connectivity index (χ2v) is 9.26. The first-order valence-corrected chi connectivity index (χ1v) is 10.3. The Morgan fingerprint density at radius 1 is 1.15 bits per heavy atom. The van der Waals surface area contributed by atoms with Gasteiger partial charge in [0.2, 0.25) is 5.82 Å². The number of benzene rings is 2. The molecule has 0 amide bonds. The lowest BCUT2D eigenvalue weighted by atomic mass is 10.1. The monoisotopic (exact) mass is 456 g/mol. The van der Waals surface area contributed by atoms with Gasteiger partial charge in [-0.1, -0.05) is 32.7 Å². The topological polar surface area (TPSA) is 93.3 Å². The van der Waals surface area contributed by atoms with Gasteiger partial charge in [-0.15, -0.1) is 0 Å². The van der Waals surface area contributed by atoms with Crippen molar-refractivity contribution in [3.8, 4) is 11.4 Å². The van der Waals surface area contributed by atoms with Gasteiger partial charge >= 0.3 is 0 Å². The van der Waals surface area contributed by atoms with Crippen LogP contribution >= 0.6 is 27.5 Å². The fraction of sp³-hybridized carbons (Fsp3) is 0.176. The van der Waals surface area contributed by atoms with Gasteiger partial charge in [-0.3, -0.25) is 0 Å². The zero-order valence-electron chi connectivity index (χ0n) is 13.6. The summed E-state index contributed by atoms with van der Waals surface area (Å²) in [4.78, 5) is 4.23. The predicted molar refractivity (Wildman–Crippen MR) is 101 cm³/mol. The molecular formula is C17H14BrClN2O4S. The summed E-state index contributed by atoms with van der Waals surface area (Å²) in [6.07, 6.45) is 0. The zero-order valence-corrected chi connectivity index (χ0v) is 16.7. The molecule has 9 heteroatoms. The summed E-state index contributed by atoms with van der Waals surface area (Å²) in [5.74, 6) is -0.537. The van der Waals surface area contributed by atoms with Crippen molar-refractivity contribution >= 4 is 37.4 Å². The summed E-state index contributed by atoms with van der Waals surface area (Å²) < 4.78 is 31.0. The van der Waals surface area contributed by atoms with Crippen LogP contribution < -0.4 is 0 Å². The highest BCUT2D eigenvalue weighted by Crippen LogP contribution is 2.27. The first kappa shape index (κ1) is 19.0. The summed E-state index contributed by atoms with van der Waals surface area (Å²) >= 11 is 9.10. The molecular weight excluding hydrogens is 444 g/mol. The van der Waals surface area contributed by atoms with E-state index in [9.17, 15) is 13.5 Å². The molecule has 0 saturated heterocycles. The van der Waals surface area contributed by atoms with Gasteiger partial charge < -0.3 is 9.63 Å². The van der Waals surface area contributed by atoms with Crippen LogP contribution in [0.2, 0.25) is 5.02 Å². The molecule has 0 fully saturated rings. The Balaban J connectivity index is 1.86. The van der Waals surface area contributed by atoms with Gasteiger partial charge in [-0.05, 0) is 55.5 Å². The van der Waals surface area contributed by atoms with E-state index in [-0.39, 0.29) is 16.6 Å². The van der Waals surface area contributed by atoms with Crippen molar-refractivity contribution in [2.45, 2.75) is 17.4 Å². The first-order valence-electron chi connectivity index (χ1n) is 7.48. The summed E-state index contributed by atoms with van der Waals surface area (Å²) in [5.41, 5.74) is -1.21. The molecule has 0 radical (unpaired) electrons. The highest BCUT2D eigenvalue weighted by Gasteiger charge is 2.36. The van der Waals surface area contributed by atoms with E-state index in [2.05, 4.69) is 26.1 Å². The largest absolute Gasteiger partial charge is 0.379 e. The Morgan fingerprint density at radius 3 is 2.38 bits per heavy atom.